The Morgan fingerprint density at radius 1 is 1.30 bits per heavy atom. The van der Waals surface area contributed by atoms with Gasteiger partial charge in [-0.25, -0.2) is 4.98 Å². The first-order chi connectivity index (χ1) is 9.61. The van der Waals surface area contributed by atoms with Crippen molar-refractivity contribution in [2.24, 2.45) is 0 Å². The average Bonchev–Trinajstić information content (AvgIpc) is 2.79. The predicted molar refractivity (Wildman–Crippen MR) is 79.5 cm³/mol. The van der Waals surface area contributed by atoms with Crippen LogP contribution in [0.2, 0.25) is 5.02 Å². The Morgan fingerprint density at radius 2 is 2.05 bits per heavy atom. The van der Waals surface area contributed by atoms with Crippen LogP contribution in [0.25, 0.3) is 5.65 Å². The molecule has 2 heterocycles. The second kappa shape index (κ2) is 5.34. The van der Waals surface area contributed by atoms with Gasteiger partial charge in [0.05, 0.1) is 5.69 Å². The van der Waals surface area contributed by atoms with Crippen molar-refractivity contribution in [1.82, 2.24) is 9.56 Å². The number of nitrogens with zero attached hydrogens (tertiary/aromatic N) is 2. The van der Waals surface area contributed by atoms with Gasteiger partial charge in [-0.05, 0) is 31.2 Å². The van der Waals surface area contributed by atoms with Crippen LogP contribution in [0.15, 0.2) is 50.6 Å². The van der Waals surface area contributed by atoms with Crippen LogP contribution in [-0.2, 0) is 5.75 Å². The molecular weight excluding hydrogens is 296 g/mol. The van der Waals surface area contributed by atoms with Crippen molar-refractivity contribution in [2.45, 2.75) is 17.6 Å². The van der Waals surface area contributed by atoms with E-state index in [2.05, 4.69) is 4.98 Å². The van der Waals surface area contributed by atoms with Crippen molar-refractivity contribution < 1.29 is 4.52 Å². The van der Waals surface area contributed by atoms with E-state index in [-0.39, 0.29) is 5.56 Å². The number of fused-ring (bicyclic) bond motifs is 1. The summed E-state index contributed by atoms with van der Waals surface area (Å²) in [5.41, 5.74) is 1.08. The molecule has 102 valence electrons. The van der Waals surface area contributed by atoms with E-state index in [4.69, 9.17) is 16.1 Å². The molecule has 0 unspecified atom stereocenters. The zero-order valence-electron chi connectivity index (χ0n) is 10.7. The molecule has 0 aliphatic carbocycles. The lowest BCUT2D eigenvalue weighted by atomic mass is 10.4. The minimum absolute atomic E-state index is 0.199. The SMILES string of the molecule is Cc1cc2nc(CSc3ccc(Cl)cc3)cc(=O)n2o1. The fraction of sp³-hybridized carbons (Fsp3) is 0.143. The zero-order chi connectivity index (χ0) is 14.1. The number of rotatable bonds is 3. The van der Waals surface area contributed by atoms with E-state index < -0.39 is 0 Å². The van der Waals surface area contributed by atoms with Crippen LogP contribution in [0.4, 0.5) is 0 Å². The summed E-state index contributed by atoms with van der Waals surface area (Å²) >= 11 is 7.45. The normalized spacial score (nSPS) is 11.1. The average molecular weight is 307 g/mol. The second-order valence-corrected chi connectivity index (χ2v) is 5.81. The highest BCUT2D eigenvalue weighted by Crippen LogP contribution is 2.23. The first-order valence-corrected chi connectivity index (χ1v) is 7.36. The molecule has 3 rings (SSSR count). The molecule has 3 aromatic rings. The van der Waals surface area contributed by atoms with Gasteiger partial charge in [-0.3, -0.25) is 4.79 Å². The lowest BCUT2D eigenvalue weighted by Crippen LogP contribution is -2.12. The van der Waals surface area contributed by atoms with Gasteiger partial charge in [-0.1, -0.05) is 11.6 Å². The van der Waals surface area contributed by atoms with Gasteiger partial charge in [-0.2, -0.15) is 0 Å². The molecule has 0 aliphatic rings. The summed E-state index contributed by atoms with van der Waals surface area (Å²) in [7, 11) is 0. The first-order valence-electron chi connectivity index (χ1n) is 6.00. The standard InChI is InChI=1S/C14H11ClN2O2S/c1-9-6-13-16-11(7-14(18)17(13)19-9)8-20-12-4-2-10(15)3-5-12/h2-7H,8H2,1H3. The van der Waals surface area contributed by atoms with E-state index in [1.54, 1.807) is 24.8 Å². The van der Waals surface area contributed by atoms with Crippen LogP contribution in [0.1, 0.15) is 11.5 Å². The maximum atomic E-state index is 11.9. The molecule has 0 atom stereocenters. The Kier molecular flexibility index (Phi) is 3.54. The molecule has 0 N–H and O–H groups in total. The fourth-order valence-electron chi connectivity index (χ4n) is 1.84. The maximum absolute atomic E-state index is 11.9. The summed E-state index contributed by atoms with van der Waals surface area (Å²) in [4.78, 5) is 17.4. The minimum atomic E-state index is -0.199. The lowest BCUT2D eigenvalue weighted by Gasteiger charge is -2.01. The molecular formula is C14H11ClN2O2S. The van der Waals surface area contributed by atoms with Gasteiger partial charge in [0.15, 0.2) is 5.65 Å². The summed E-state index contributed by atoms with van der Waals surface area (Å²) in [5.74, 6) is 1.29. The molecule has 1 aromatic carbocycles. The summed E-state index contributed by atoms with van der Waals surface area (Å²) in [6.07, 6.45) is 0. The molecule has 6 heteroatoms. The Labute approximate surface area is 124 Å². The first kappa shape index (κ1) is 13.3. The van der Waals surface area contributed by atoms with Crippen molar-refractivity contribution in [3.05, 3.63) is 63.2 Å². The van der Waals surface area contributed by atoms with Crippen LogP contribution in [0.5, 0.6) is 0 Å². The second-order valence-electron chi connectivity index (χ2n) is 4.33. The van der Waals surface area contributed by atoms with E-state index in [0.29, 0.717) is 22.2 Å². The van der Waals surface area contributed by atoms with E-state index >= 15 is 0 Å². The monoisotopic (exact) mass is 306 g/mol. The Morgan fingerprint density at radius 3 is 2.80 bits per heavy atom. The van der Waals surface area contributed by atoms with Crippen molar-refractivity contribution >= 4 is 29.0 Å². The minimum Gasteiger partial charge on any atom is -0.375 e. The Hall–Kier alpha value is -1.72. The number of halogens is 1. The third-order valence-electron chi connectivity index (χ3n) is 2.72. The predicted octanol–water partition coefficient (Wildman–Crippen LogP) is 3.54. The van der Waals surface area contributed by atoms with Crippen molar-refractivity contribution in [1.29, 1.82) is 0 Å². The fourth-order valence-corrected chi connectivity index (χ4v) is 2.75. The van der Waals surface area contributed by atoms with Crippen LogP contribution in [-0.4, -0.2) is 9.56 Å². The summed E-state index contributed by atoms with van der Waals surface area (Å²) in [5, 5.41) is 0.709. The van der Waals surface area contributed by atoms with Crippen molar-refractivity contribution in [3.63, 3.8) is 0 Å². The van der Waals surface area contributed by atoms with Gasteiger partial charge >= 0.3 is 0 Å². The molecule has 2 aromatic heterocycles. The number of aryl methyl sites for hydroxylation is 1. The Balaban J connectivity index is 1.84. The van der Waals surface area contributed by atoms with Crippen LogP contribution in [0, 0.1) is 6.92 Å². The molecule has 20 heavy (non-hydrogen) atoms. The number of benzene rings is 1. The largest absolute Gasteiger partial charge is 0.375 e. The highest BCUT2D eigenvalue weighted by Gasteiger charge is 2.07. The van der Waals surface area contributed by atoms with Gasteiger partial charge in [-0.15, -0.1) is 16.3 Å². The Bertz CT molecular complexity index is 808. The quantitative estimate of drug-likeness (QED) is 0.694. The summed E-state index contributed by atoms with van der Waals surface area (Å²) in [6, 6.07) is 10.8. The van der Waals surface area contributed by atoms with Crippen molar-refractivity contribution in [2.75, 3.05) is 0 Å². The number of thioether (sulfide) groups is 1. The molecule has 4 nitrogen and oxygen atoms in total. The highest BCUT2D eigenvalue weighted by molar-refractivity contribution is 7.98. The van der Waals surface area contributed by atoms with Crippen LogP contribution >= 0.6 is 23.4 Å². The lowest BCUT2D eigenvalue weighted by molar-refractivity contribution is 0.344. The van der Waals surface area contributed by atoms with Gasteiger partial charge in [0.1, 0.15) is 5.76 Å². The van der Waals surface area contributed by atoms with Crippen molar-refractivity contribution in [3.8, 4) is 0 Å². The van der Waals surface area contributed by atoms with Gasteiger partial charge in [0.2, 0.25) is 0 Å². The van der Waals surface area contributed by atoms with Crippen LogP contribution in [0.3, 0.4) is 0 Å². The smallest absolute Gasteiger partial charge is 0.287 e. The van der Waals surface area contributed by atoms with Gasteiger partial charge in [0.25, 0.3) is 5.56 Å². The summed E-state index contributed by atoms with van der Waals surface area (Å²) in [6.45, 7) is 1.79. The zero-order valence-corrected chi connectivity index (χ0v) is 12.2. The third kappa shape index (κ3) is 2.73. The molecule has 0 saturated carbocycles. The summed E-state index contributed by atoms with van der Waals surface area (Å²) < 4.78 is 6.45. The number of aromatic nitrogens is 2. The molecule has 0 fully saturated rings. The van der Waals surface area contributed by atoms with Gasteiger partial charge < -0.3 is 4.52 Å². The van der Waals surface area contributed by atoms with E-state index in [0.717, 1.165) is 10.6 Å². The van der Waals surface area contributed by atoms with Gasteiger partial charge in [0, 0.05) is 27.8 Å². The molecule has 0 spiro atoms. The van der Waals surface area contributed by atoms with Crippen LogP contribution < -0.4 is 5.56 Å². The molecule has 0 saturated heterocycles. The number of hydrogen-bond donors (Lipinski definition) is 0. The van der Waals surface area contributed by atoms with E-state index in [9.17, 15) is 4.79 Å². The van der Waals surface area contributed by atoms with E-state index in [1.165, 1.54) is 10.6 Å². The molecule has 0 bridgehead atoms. The third-order valence-corrected chi connectivity index (χ3v) is 4.02. The molecule has 0 aliphatic heterocycles. The molecule has 0 radical (unpaired) electrons. The topological polar surface area (TPSA) is 47.5 Å². The van der Waals surface area contributed by atoms with E-state index in [1.807, 2.05) is 24.3 Å². The molecule has 0 amide bonds. The highest BCUT2D eigenvalue weighted by atomic mass is 35.5. The maximum Gasteiger partial charge on any atom is 0.287 e. The number of hydrogen-bond acceptors (Lipinski definition) is 4.